The number of carbonyl (C=O) groups is 5. The lowest BCUT2D eigenvalue weighted by molar-refractivity contribution is -0.169. The van der Waals surface area contributed by atoms with Gasteiger partial charge in [-0.2, -0.15) is 0 Å². The van der Waals surface area contributed by atoms with E-state index in [1.165, 1.54) is 47.0 Å². The standard InChI is InChI=1S/C51H57N4O10P/c1-30-38-34(25-26-35(56)40(38)45(59)41-39(30)46(60)43-44(55(2)3)47(61)42(50(52)64)49(63)51(43,65)48(41)62)54-37(58)27-28-53-36(57)24-16-5-4-6-17-29-66(31-18-10-7-11-19-31,32-20-12-8-13-21-32)33-22-14-9-15-23-33/h7-15,18-23,25-26,30,39,43-44,46,60,65H,4-6,16-17,24,27-29H2,1-3H3,(H6-,52,53,54,56,57,58,59,61,62,63,64)/p+1/t30-,39+,43+,44-,46-,51-/m0/s1. The predicted molar refractivity (Wildman–Crippen MR) is 254 cm³/mol. The van der Waals surface area contributed by atoms with Crippen LogP contribution in [0.15, 0.2) is 120 Å². The molecule has 4 aromatic carbocycles. The van der Waals surface area contributed by atoms with E-state index in [0.717, 1.165) is 31.8 Å². The van der Waals surface area contributed by atoms with Crippen molar-refractivity contribution in [3.8, 4) is 5.75 Å². The van der Waals surface area contributed by atoms with Gasteiger partial charge in [-0.15, -0.1) is 0 Å². The molecular formula is C51H58N4O10P+. The van der Waals surface area contributed by atoms with Gasteiger partial charge in [0.25, 0.3) is 5.91 Å². The van der Waals surface area contributed by atoms with Gasteiger partial charge in [0.2, 0.25) is 17.6 Å². The first-order valence-electron chi connectivity index (χ1n) is 22.4. The maximum absolute atomic E-state index is 14.3. The molecule has 66 heavy (non-hydrogen) atoms. The summed E-state index contributed by atoms with van der Waals surface area (Å²) in [5.74, 6) is -11.0. The smallest absolute Gasteiger partial charge is 0.255 e. The number of hydrogen-bond donors (Lipinski definition) is 8. The third-order valence-corrected chi connectivity index (χ3v) is 18.1. The molecule has 14 nitrogen and oxygen atoms in total. The number of nitrogens with zero attached hydrogens (tertiary/aromatic N) is 1. The number of anilines is 1. The molecule has 0 aliphatic heterocycles. The van der Waals surface area contributed by atoms with Crippen LogP contribution >= 0.6 is 7.26 Å². The van der Waals surface area contributed by atoms with Crippen molar-refractivity contribution in [2.24, 2.45) is 17.6 Å². The van der Waals surface area contributed by atoms with Crippen LogP contribution in [0.1, 0.15) is 68.9 Å². The molecule has 0 heterocycles. The van der Waals surface area contributed by atoms with Crippen LogP contribution in [-0.4, -0.2) is 104 Å². The number of benzene rings is 4. The number of ketones is 2. The highest BCUT2D eigenvalue weighted by Gasteiger charge is 2.68. The fraction of sp³-hybridized carbons (Fsp3) is 0.353. The van der Waals surface area contributed by atoms with Crippen LogP contribution in [0.4, 0.5) is 5.69 Å². The van der Waals surface area contributed by atoms with E-state index in [9.17, 15) is 49.5 Å². The first kappa shape index (κ1) is 47.8. The number of amides is 3. The maximum Gasteiger partial charge on any atom is 0.255 e. The first-order chi connectivity index (χ1) is 31.6. The number of likely N-dealkylation sites (N-methyl/N-ethyl adjacent to an activating group) is 1. The lowest BCUT2D eigenvalue weighted by Crippen LogP contribution is -2.70. The van der Waals surface area contributed by atoms with Crippen molar-refractivity contribution in [1.82, 2.24) is 10.2 Å². The minimum absolute atomic E-state index is 0.0421. The number of nitrogens with one attached hydrogen (secondary N) is 2. The Morgan fingerprint density at radius 2 is 1.30 bits per heavy atom. The zero-order valence-corrected chi connectivity index (χ0v) is 38.2. The number of primary amides is 1. The van der Waals surface area contributed by atoms with Crippen LogP contribution in [0.5, 0.6) is 5.75 Å². The fourth-order valence-electron chi connectivity index (χ4n) is 10.5. The number of aromatic hydroxyl groups is 1. The molecular weight excluding hydrogens is 860 g/mol. The van der Waals surface area contributed by atoms with E-state index in [1.807, 2.05) is 0 Å². The summed E-state index contributed by atoms with van der Waals surface area (Å²) in [5.41, 5.74) is 0.882. The quantitative estimate of drug-likeness (QED) is 0.0322. The summed E-state index contributed by atoms with van der Waals surface area (Å²) in [6, 6.07) is 33.5. The predicted octanol–water partition coefficient (Wildman–Crippen LogP) is 4.28. The van der Waals surface area contributed by atoms with Crippen molar-refractivity contribution in [2.45, 2.75) is 75.5 Å². The van der Waals surface area contributed by atoms with Gasteiger partial charge in [0.1, 0.15) is 46.0 Å². The van der Waals surface area contributed by atoms with Gasteiger partial charge in [0, 0.05) is 36.6 Å². The number of aliphatic hydroxyl groups excluding tert-OH is 3. The van der Waals surface area contributed by atoms with Gasteiger partial charge < -0.3 is 41.9 Å². The SMILES string of the molecule is C[C@H]1c2c(NC(=O)CCNC(=O)CCCCCCC[P+](c3ccccc3)(c3ccccc3)c3ccccc3)ccc(O)c2C(O)=C2C(=O)[C@]3(O)C(O)=C(C(N)=O)C(=O)[C@@H](N(C)C)[C@@H]3[C@@H](O)[C@@H]21. The Kier molecular flexibility index (Phi) is 14.3. The second-order valence-corrected chi connectivity index (χ2v) is 21.3. The molecule has 0 unspecified atom stereocenters. The summed E-state index contributed by atoms with van der Waals surface area (Å²) in [6.45, 7) is 1.63. The molecule has 1 saturated carbocycles. The number of hydrogen-bond acceptors (Lipinski definition) is 11. The second-order valence-electron chi connectivity index (χ2n) is 17.7. The van der Waals surface area contributed by atoms with Crippen LogP contribution in [0, 0.1) is 11.8 Å². The normalized spacial score (nSPS) is 22.7. The van der Waals surface area contributed by atoms with E-state index >= 15 is 0 Å². The molecule has 0 saturated heterocycles. The van der Waals surface area contributed by atoms with Crippen molar-refractivity contribution in [3.05, 3.63) is 131 Å². The summed E-state index contributed by atoms with van der Waals surface area (Å²) in [6.07, 6.45) is 4.07. The molecule has 7 rings (SSSR count). The van der Waals surface area contributed by atoms with Crippen LogP contribution < -0.4 is 32.3 Å². The van der Waals surface area contributed by atoms with Gasteiger partial charge in [0.05, 0.1) is 29.8 Å². The highest BCUT2D eigenvalue weighted by Crippen LogP contribution is 2.58. The zero-order valence-electron chi connectivity index (χ0n) is 37.3. The molecule has 1 fully saturated rings. The van der Waals surface area contributed by atoms with Gasteiger partial charge >= 0.3 is 0 Å². The van der Waals surface area contributed by atoms with Crippen LogP contribution in [-0.2, 0) is 24.0 Å². The van der Waals surface area contributed by atoms with Crippen LogP contribution in [0.25, 0.3) is 5.76 Å². The summed E-state index contributed by atoms with van der Waals surface area (Å²) in [4.78, 5) is 67.5. The van der Waals surface area contributed by atoms with E-state index in [4.69, 9.17) is 5.73 Å². The Labute approximate surface area is 384 Å². The lowest BCUT2D eigenvalue weighted by atomic mass is 9.54. The van der Waals surface area contributed by atoms with Gasteiger partial charge in [-0.3, -0.25) is 28.9 Å². The van der Waals surface area contributed by atoms with Crippen LogP contribution in [0.2, 0.25) is 0 Å². The highest BCUT2D eigenvalue weighted by molar-refractivity contribution is 7.95. The number of aliphatic hydroxyl groups is 4. The minimum atomic E-state index is -3.04. The summed E-state index contributed by atoms with van der Waals surface area (Å²) >= 11 is 0. The Morgan fingerprint density at radius 1 is 0.758 bits per heavy atom. The lowest BCUT2D eigenvalue weighted by Gasteiger charge is -2.53. The van der Waals surface area contributed by atoms with E-state index in [1.54, 1.807) is 6.92 Å². The number of unbranched alkanes of at least 4 members (excludes halogenated alkanes) is 4. The third kappa shape index (κ3) is 8.54. The van der Waals surface area contributed by atoms with Gasteiger partial charge in [-0.25, -0.2) is 0 Å². The number of rotatable bonds is 17. The molecule has 346 valence electrons. The van der Waals surface area contributed by atoms with Gasteiger partial charge in [-0.05, 0) is 93.4 Å². The first-order valence-corrected chi connectivity index (χ1v) is 24.3. The second kappa shape index (κ2) is 19.7. The molecule has 0 bridgehead atoms. The van der Waals surface area contributed by atoms with E-state index in [0.29, 0.717) is 12.8 Å². The van der Waals surface area contributed by atoms with Crippen LogP contribution in [0.3, 0.4) is 0 Å². The highest BCUT2D eigenvalue weighted by atomic mass is 31.2. The Bertz CT molecular complexity index is 2470. The van der Waals surface area contributed by atoms with Crippen molar-refractivity contribution in [2.75, 3.05) is 32.1 Å². The number of fused-ring (bicyclic) bond motifs is 3. The van der Waals surface area contributed by atoms with Crippen molar-refractivity contribution in [3.63, 3.8) is 0 Å². The Balaban J connectivity index is 0.952. The zero-order chi connectivity index (χ0) is 47.5. The van der Waals surface area contributed by atoms with Crippen molar-refractivity contribution >= 4 is 63.9 Å². The molecule has 6 atom stereocenters. The maximum atomic E-state index is 14.3. The molecule has 4 aromatic rings. The average Bonchev–Trinajstić information content (AvgIpc) is 3.30. The van der Waals surface area contributed by atoms with E-state index in [-0.39, 0.29) is 35.7 Å². The topological polar surface area (TPSA) is 240 Å². The largest absolute Gasteiger partial charge is 0.508 e. The van der Waals surface area contributed by atoms with Crippen molar-refractivity contribution < 1.29 is 49.5 Å². The molecule has 15 heteroatoms. The third-order valence-electron chi connectivity index (χ3n) is 13.5. The molecule has 0 radical (unpaired) electrons. The average molecular weight is 918 g/mol. The molecule has 3 aliphatic rings. The Morgan fingerprint density at radius 3 is 1.85 bits per heavy atom. The monoisotopic (exact) mass is 917 g/mol. The van der Waals surface area contributed by atoms with E-state index in [2.05, 4.69) is 102 Å². The van der Waals surface area contributed by atoms with Gasteiger partial charge in [0.15, 0.2) is 11.4 Å². The summed E-state index contributed by atoms with van der Waals surface area (Å²) in [7, 11) is 0.957. The molecule has 0 spiro atoms. The van der Waals surface area contributed by atoms with E-state index < -0.39 is 94.6 Å². The molecule has 3 amide bonds. The number of carbonyl (C=O) groups excluding carboxylic acids is 5. The molecule has 3 aliphatic carbocycles. The number of Topliss-reactive ketones (excluding diaryl/α,β-unsaturated/α-hetero) is 2. The Hall–Kier alpha value is -6.18. The fourth-order valence-corrected chi connectivity index (χ4v) is 14.9. The molecule has 9 N–H and O–H groups in total. The number of nitrogens with two attached hydrogens (primary N) is 1. The number of phenolic OH excluding ortho intramolecular Hbond substituents is 1. The summed E-state index contributed by atoms with van der Waals surface area (Å²) in [5, 5.41) is 67.3. The number of phenols is 1. The van der Waals surface area contributed by atoms with Gasteiger partial charge in [-0.1, -0.05) is 74.4 Å². The minimum Gasteiger partial charge on any atom is -0.508 e. The summed E-state index contributed by atoms with van der Waals surface area (Å²) < 4.78 is 0. The molecule has 0 aromatic heterocycles. The van der Waals surface area contributed by atoms with Crippen molar-refractivity contribution in [1.29, 1.82) is 0 Å².